The summed E-state index contributed by atoms with van der Waals surface area (Å²) in [4.78, 5) is 34.7. The number of para-hydroxylation sites is 2. The maximum atomic E-state index is 13.5. The lowest BCUT2D eigenvalue weighted by Gasteiger charge is -2.35. The molecular formula is C31H40N4O3. The normalized spacial score (nSPS) is 20.8. The first-order valence-corrected chi connectivity index (χ1v) is 14.0. The maximum absolute atomic E-state index is 13.5. The van der Waals surface area contributed by atoms with E-state index < -0.39 is 5.60 Å². The van der Waals surface area contributed by atoms with Crippen LogP contribution in [0.1, 0.15) is 64.4 Å². The highest BCUT2D eigenvalue weighted by molar-refractivity contribution is 5.81. The molecule has 7 nitrogen and oxygen atoms in total. The van der Waals surface area contributed by atoms with Gasteiger partial charge in [0.1, 0.15) is 11.4 Å². The van der Waals surface area contributed by atoms with E-state index in [1.165, 1.54) is 5.56 Å². The molecule has 5 rings (SSSR count). The van der Waals surface area contributed by atoms with Crippen LogP contribution in [0.3, 0.4) is 0 Å². The second-order valence-corrected chi connectivity index (χ2v) is 11.8. The summed E-state index contributed by atoms with van der Waals surface area (Å²) in [5.74, 6) is 1.43. The van der Waals surface area contributed by atoms with Gasteiger partial charge in [-0.1, -0.05) is 30.3 Å². The van der Waals surface area contributed by atoms with E-state index in [4.69, 9.17) is 9.72 Å². The second-order valence-electron chi connectivity index (χ2n) is 11.8. The number of amides is 2. The van der Waals surface area contributed by atoms with Crippen molar-refractivity contribution in [1.82, 2.24) is 19.4 Å². The first-order chi connectivity index (χ1) is 18.2. The van der Waals surface area contributed by atoms with Crippen LogP contribution in [0.5, 0.6) is 0 Å². The molecule has 2 aliphatic heterocycles. The van der Waals surface area contributed by atoms with Gasteiger partial charge < -0.3 is 19.1 Å². The van der Waals surface area contributed by atoms with E-state index in [2.05, 4.69) is 48.0 Å². The van der Waals surface area contributed by atoms with Crippen LogP contribution in [0.2, 0.25) is 0 Å². The van der Waals surface area contributed by atoms with Crippen molar-refractivity contribution in [1.29, 1.82) is 0 Å². The van der Waals surface area contributed by atoms with Crippen LogP contribution in [0.25, 0.3) is 22.4 Å². The average molecular weight is 517 g/mol. The number of aryl methyl sites for hydroxylation is 1. The minimum Gasteiger partial charge on any atom is -0.444 e. The van der Waals surface area contributed by atoms with Gasteiger partial charge in [-0.3, -0.25) is 4.79 Å². The van der Waals surface area contributed by atoms with Gasteiger partial charge >= 0.3 is 6.09 Å². The summed E-state index contributed by atoms with van der Waals surface area (Å²) in [7, 11) is 2.07. The van der Waals surface area contributed by atoms with Gasteiger partial charge in [-0.2, -0.15) is 0 Å². The molecule has 1 unspecified atom stereocenters. The van der Waals surface area contributed by atoms with Crippen molar-refractivity contribution in [2.45, 2.75) is 64.4 Å². The van der Waals surface area contributed by atoms with E-state index in [9.17, 15) is 9.59 Å². The van der Waals surface area contributed by atoms with E-state index in [1.54, 1.807) is 4.90 Å². The Kier molecular flexibility index (Phi) is 7.46. The predicted octanol–water partition coefficient (Wildman–Crippen LogP) is 5.98. The predicted molar refractivity (Wildman–Crippen MR) is 150 cm³/mol. The lowest BCUT2D eigenvalue weighted by molar-refractivity contribution is -0.137. The van der Waals surface area contributed by atoms with Crippen LogP contribution >= 0.6 is 0 Å². The van der Waals surface area contributed by atoms with Crippen LogP contribution < -0.4 is 0 Å². The molecule has 0 spiro atoms. The third kappa shape index (κ3) is 5.71. The van der Waals surface area contributed by atoms with Crippen LogP contribution in [0.4, 0.5) is 4.79 Å². The standard InChI is InChI=1S/C31H40N4O3/c1-31(2,3)38-30(37)35-18-9-13-25(21-35)29(36)34-17-8-12-22(16-19-34)23-10-7-11-24(20-23)28-32-26-14-5-6-15-27(26)33(28)4/h5-7,10-11,14-15,20,22,25H,8-9,12-13,16-19,21H2,1-4H3/t22?,25-/m1/s1. The first kappa shape index (κ1) is 26.3. The number of carbonyl (C=O) groups is 2. The van der Waals surface area contributed by atoms with Crippen molar-refractivity contribution in [3.05, 3.63) is 54.1 Å². The Morgan fingerprint density at radius 3 is 2.47 bits per heavy atom. The van der Waals surface area contributed by atoms with Gasteiger partial charge in [0.05, 0.1) is 17.0 Å². The van der Waals surface area contributed by atoms with Crippen molar-refractivity contribution < 1.29 is 14.3 Å². The summed E-state index contributed by atoms with van der Waals surface area (Å²) in [6, 6.07) is 17.0. The highest BCUT2D eigenvalue weighted by atomic mass is 16.6. The summed E-state index contributed by atoms with van der Waals surface area (Å²) in [5.41, 5.74) is 4.05. The smallest absolute Gasteiger partial charge is 0.410 e. The summed E-state index contributed by atoms with van der Waals surface area (Å²) in [6.07, 6.45) is 4.34. The minimum absolute atomic E-state index is 0.145. The molecule has 2 fully saturated rings. The molecular weight excluding hydrogens is 476 g/mol. The number of ether oxygens (including phenoxy) is 1. The molecule has 2 aromatic carbocycles. The largest absolute Gasteiger partial charge is 0.444 e. The number of hydrogen-bond acceptors (Lipinski definition) is 4. The Morgan fingerprint density at radius 1 is 0.921 bits per heavy atom. The monoisotopic (exact) mass is 516 g/mol. The Balaban J connectivity index is 1.24. The Morgan fingerprint density at radius 2 is 1.68 bits per heavy atom. The number of nitrogens with zero attached hydrogens (tertiary/aromatic N) is 4. The Hall–Kier alpha value is -3.35. The number of imidazole rings is 1. The van der Waals surface area contributed by atoms with Gasteiger partial charge in [0.15, 0.2) is 0 Å². The van der Waals surface area contributed by atoms with E-state index in [0.29, 0.717) is 19.0 Å². The number of carbonyl (C=O) groups excluding carboxylic acids is 2. The zero-order valence-corrected chi connectivity index (χ0v) is 23.2. The third-order valence-corrected chi connectivity index (χ3v) is 7.87. The molecule has 0 bridgehead atoms. The first-order valence-electron chi connectivity index (χ1n) is 14.0. The minimum atomic E-state index is -0.533. The zero-order valence-electron chi connectivity index (χ0n) is 23.2. The topological polar surface area (TPSA) is 67.7 Å². The molecule has 1 aromatic heterocycles. The summed E-state index contributed by atoms with van der Waals surface area (Å²) in [6.45, 7) is 8.26. The van der Waals surface area contributed by atoms with Gasteiger partial charge in [0.25, 0.3) is 0 Å². The van der Waals surface area contributed by atoms with Crippen molar-refractivity contribution >= 4 is 23.0 Å². The van der Waals surface area contributed by atoms with Crippen molar-refractivity contribution in [3.8, 4) is 11.4 Å². The zero-order chi connectivity index (χ0) is 26.9. The molecule has 38 heavy (non-hydrogen) atoms. The number of likely N-dealkylation sites (tertiary alicyclic amines) is 2. The molecule has 3 aromatic rings. The fraction of sp³-hybridized carbons (Fsp3) is 0.516. The molecule has 0 N–H and O–H groups in total. The number of piperidine rings is 1. The molecule has 2 atom stereocenters. The Bertz CT molecular complexity index is 1310. The molecule has 3 heterocycles. The van der Waals surface area contributed by atoms with E-state index >= 15 is 0 Å². The Labute approximate surface area is 225 Å². The van der Waals surface area contributed by atoms with Crippen molar-refractivity contribution in [3.63, 3.8) is 0 Å². The maximum Gasteiger partial charge on any atom is 0.410 e. The number of hydrogen-bond donors (Lipinski definition) is 0. The van der Waals surface area contributed by atoms with E-state index in [-0.39, 0.29) is 17.9 Å². The second kappa shape index (κ2) is 10.8. The van der Waals surface area contributed by atoms with E-state index in [0.717, 1.165) is 67.6 Å². The summed E-state index contributed by atoms with van der Waals surface area (Å²) in [5, 5.41) is 0. The SMILES string of the molecule is Cn1c(-c2cccc(C3CCCN(C(=O)[C@@H]4CCCN(C(=O)OC(C)(C)C)C4)CC3)c2)nc2ccccc21. The third-order valence-electron chi connectivity index (χ3n) is 7.87. The van der Waals surface area contributed by atoms with Gasteiger partial charge in [-0.15, -0.1) is 0 Å². The summed E-state index contributed by atoms with van der Waals surface area (Å²) >= 11 is 0. The van der Waals surface area contributed by atoms with E-state index in [1.807, 2.05) is 37.8 Å². The molecule has 7 heteroatoms. The lowest BCUT2D eigenvalue weighted by atomic mass is 9.91. The lowest BCUT2D eigenvalue weighted by Crippen LogP contribution is -2.48. The molecule has 2 amide bonds. The molecule has 0 radical (unpaired) electrons. The fourth-order valence-corrected chi connectivity index (χ4v) is 5.91. The highest BCUT2D eigenvalue weighted by Gasteiger charge is 2.34. The number of aromatic nitrogens is 2. The van der Waals surface area contributed by atoms with Crippen LogP contribution in [0, 0.1) is 5.92 Å². The van der Waals surface area contributed by atoms with Gasteiger partial charge in [0, 0.05) is 38.8 Å². The molecule has 0 saturated carbocycles. The van der Waals surface area contributed by atoms with Gasteiger partial charge in [-0.05, 0) is 82.6 Å². The fourth-order valence-electron chi connectivity index (χ4n) is 5.91. The molecule has 2 aliphatic rings. The molecule has 0 aliphatic carbocycles. The highest BCUT2D eigenvalue weighted by Crippen LogP contribution is 2.32. The van der Waals surface area contributed by atoms with Crippen molar-refractivity contribution in [2.24, 2.45) is 13.0 Å². The van der Waals surface area contributed by atoms with Crippen LogP contribution in [0.15, 0.2) is 48.5 Å². The number of fused-ring (bicyclic) bond motifs is 1. The number of rotatable bonds is 3. The quantitative estimate of drug-likeness (QED) is 0.429. The summed E-state index contributed by atoms with van der Waals surface area (Å²) < 4.78 is 7.72. The number of benzene rings is 2. The van der Waals surface area contributed by atoms with Gasteiger partial charge in [-0.25, -0.2) is 9.78 Å². The van der Waals surface area contributed by atoms with Gasteiger partial charge in [0.2, 0.25) is 5.91 Å². The molecule has 2 saturated heterocycles. The van der Waals surface area contributed by atoms with Crippen molar-refractivity contribution in [2.75, 3.05) is 26.2 Å². The molecule has 202 valence electrons. The average Bonchev–Trinajstić information content (AvgIpc) is 3.07. The van der Waals surface area contributed by atoms with Crippen LogP contribution in [-0.2, 0) is 16.6 Å². The van der Waals surface area contributed by atoms with Crippen LogP contribution in [-0.4, -0.2) is 63.1 Å².